The minimum absolute atomic E-state index is 0.815. The third-order valence-corrected chi connectivity index (χ3v) is 3.45. The molecule has 0 heterocycles. The van der Waals surface area contributed by atoms with Gasteiger partial charge in [-0.25, -0.2) is 0 Å². The van der Waals surface area contributed by atoms with Crippen molar-refractivity contribution in [3.63, 3.8) is 0 Å². The molecule has 1 nitrogen and oxygen atoms in total. The van der Waals surface area contributed by atoms with E-state index >= 15 is 0 Å². The van der Waals surface area contributed by atoms with E-state index in [4.69, 9.17) is 0 Å². The summed E-state index contributed by atoms with van der Waals surface area (Å²) in [5.41, 5.74) is 1.32. The van der Waals surface area contributed by atoms with Crippen molar-refractivity contribution in [2.75, 3.05) is 6.26 Å². The number of hydrogen-bond acceptors (Lipinski definition) is 1. The Morgan fingerprint density at radius 2 is 1.21 bits per heavy atom. The van der Waals surface area contributed by atoms with Gasteiger partial charge in [-0.2, -0.15) is 0 Å². The van der Waals surface area contributed by atoms with Crippen LogP contribution in [0.3, 0.4) is 0 Å². The Labute approximate surface area is 118 Å². The van der Waals surface area contributed by atoms with Crippen LogP contribution in [0.1, 0.15) is 19.4 Å². The van der Waals surface area contributed by atoms with Gasteiger partial charge in [0.1, 0.15) is 0 Å². The highest BCUT2D eigenvalue weighted by Gasteiger charge is 1.96. The lowest BCUT2D eigenvalue weighted by Gasteiger charge is -1.99. The molecule has 0 spiro atoms. The molecule has 0 saturated carbocycles. The number of rotatable bonds is 1. The Hall–Kier alpha value is -1.54. The zero-order chi connectivity index (χ0) is 14.7. The number of aryl methyl sites for hydroxylation is 1. The van der Waals surface area contributed by atoms with E-state index in [1.807, 2.05) is 62.4 Å². The predicted molar refractivity (Wildman–Crippen MR) is 88.4 cm³/mol. The van der Waals surface area contributed by atoms with Gasteiger partial charge in [0.15, 0.2) is 0 Å². The van der Waals surface area contributed by atoms with Crippen molar-refractivity contribution in [1.82, 2.24) is 0 Å². The summed E-state index contributed by atoms with van der Waals surface area (Å²) in [6.07, 6.45) is 1.64. The van der Waals surface area contributed by atoms with Crippen molar-refractivity contribution in [2.45, 2.75) is 25.7 Å². The van der Waals surface area contributed by atoms with Gasteiger partial charge < -0.3 is 0 Å². The van der Waals surface area contributed by atoms with E-state index < -0.39 is 9.52 Å². The number of benzene rings is 2. The molecule has 2 rings (SSSR count). The van der Waals surface area contributed by atoms with Crippen LogP contribution in [0.15, 0.2) is 65.6 Å². The van der Waals surface area contributed by atoms with Crippen LogP contribution in [0.25, 0.3) is 0 Å². The second-order valence-electron chi connectivity index (χ2n) is 3.97. The molecule has 0 aromatic heterocycles. The molecule has 0 aliphatic carbocycles. The van der Waals surface area contributed by atoms with E-state index in [0.29, 0.717) is 0 Å². The summed E-state index contributed by atoms with van der Waals surface area (Å²) in [7, 11) is -2.00. The van der Waals surface area contributed by atoms with Crippen LogP contribution in [-0.4, -0.2) is 16.3 Å². The summed E-state index contributed by atoms with van der Waals surface area (Å²) in [6, 6.07) is 19.5. The van der Waals surface area contributed by atoms with E-state index in [1.54, 1.807) is 6.26 Å². The van der Waals surface area contributed by atoms with E-state index in [9.17, 15) is 4.21 Å². The Bertz CT molecular complexity index is 528. The Morgan fingerprint density at radius 3 is 1.42 bits per heavy atom. The lowest BCUT2D eigenvalue weighted by atomic mass is 10.2. The molecule has 0 N–H and O–H groups in total. The van der Waals surface area contributed by atoms with Gasteiger partial charge in [0.2, 0.25) is 0 Å². The van der Waals surface area contributed by atoms with Gasteiger partial charge in [-0.15, -0.1) is 0 Å². The molecular formula is C17H24OS. The zero-order valence-corrected chi connectivity index (χ0v) is 13.1. The molecule has 104 valence electrons. The monoisotopic (exact) mass is 276 g/mol. The first-order chi connectivity index (χ1) is 9.00. The van der Waals surface area contributed by atoms with Crippen molar-refractivity contribution in [3.8, 4) is 0 Å². The van der Waals surface area contributed by atoms with Crippen LogP contribution in [0.2, 0.25) is 0 Å². The van der Waals surface area contributed by atoms with E-state index in [2.05, 4.69) is 24.9 Å². The SMILES string of the molecule is C=S(C)(=O)c1ccccc1.CC.Cc1ccccc1. The summed E-state index contributed by atoms with van der Waals surface area (Å²) < 4.78 is 11.3. The number of hydrogen-bond donors (Lipinski definition) is 0. The van der Waals surface area contributed by atoms with Crippen molar-refractivity contribution in [3.05, 3.63) is 66.2 Å². The van der Waals surface area contributed by atoms with Crippen LogP contribution in [0, 0.1) is 6.92 Å². The van der Waals surface area contributed by atoms with Crippen LogP contribution in [-0.2, 0) is 9.52 Å². The topological polar surface area (TPSA) is 17.1 Å². The molecule has 0 aliphatic rings. The minimum Gasteiger partial charge on any atom is -0.263 e. The highest BCUT2D eigenvalue weighted by molar-refractivity contribution is 7.99. The normalized spacial score (nSPS) is 12.0. The minimum atomic E-state index is -2.00. The summed E-state index contributed by atoms with van der Waals surface area (Å²) in [5, 5.41) is 0. The molecule has 2 heteroatoms. The first-order valence-corrected chi connectivity index (χ1v) is 8.52. The average Bonchev–Trinajstić information content (AvgIpc) is 2.43. The lowest BCUT2D eigenvalue weighted by molar-refractivity contribution is 0.685. The molecule has 0 amide bonds. The third-order valence-electron chi connectivity index (χ3n) is 2.18. The molecule has 0 radical (unpaired) electrons. The first-order valence-electron chi connectivity index (χ1n) is 6.39. The predicted octanol–water partition coefficient (Wildman–Crippen LogP) is 4.41. The molecular weight excluding hydrogens is 252 g/mol. The Morgan fingerprint density at radius 1 is 0.842 bits per heavy atom. The van der Waals surface area contributed by atoms with Gasteiger partial charge >= 0.3 is 0 Å². The summed E-state index contributed by atoms with van der Waals surface area (Å²) in [6.45, 7) is 6.08. The van der Waals surface area contributed by atoms with Gasteiger partial charge in [-0.1, -0.05) is 67.9 Å². The van der Waals surface area contributed by atoms with Crippen molar-refractivity contribution in [1.29, 1.82) is 0 Å². The fraction of sp³-hybridized carbons (Fsp3) is 0.235. The van der Waals surface area contributed by atoms with Crippen LogP contribution < -0.4 is 0 Å². The largest absolute Gasteiger partial charge is 0.263 e. The molecule has 19 heavy (non-hydrogen) atoms. The van der Waals surface area contributed by atoms with E-state index in [0.717, 1.165) is 4.90 Å². The van der Waals surface area contributed by atoms with Gasteiger partial charge in [0.25, 0.3) is 0 Å². The second-order valence-corrected chi connectivity index (χ2v) is 6.45. The molecule has 2 aromatic rings. The molecule has 0 fully saturated rings. The highest BCUT2D eigenvalue weighted by atomic mass is 32.2. The molecule has 2 aromatic carbocycles. The summed E-state index contributed by atoms with van der Waals surface area (Å²) in [4.78, 5) is 0.815. The fourth-order valence-corrected chi connectivity index (χ4v) is 1.98. The summed E-state index contributed by atoms with van der Waals surface area (Å²) in [5.74, 6) is 3.57. The van der Waals surface area contributed by atoms with E-state index in [1.165, 1.54) is 5.56 Å². The maximum absolute atomic E-state index is 11.3. The average molecular weight is 276 g/mol. The van der Waals surface area contributed by atoms with Gasteiger partial charge in [-0.3, -0.25) is 4.21 Å². The lowest BCUT2D eigenvalue weighted by Crippen LogP contribution is -1.94. The maximum Gasteiger partial charge on any atom is 0.0302 e. The van der Waals surface area contributed by atoms with Gasteiger partial charge in [0, 0.05) is 11.2 Å². The first kappa shape index (κ1) is 17.5. The summed E-state index contributed by atoms with van der Waals surface area (Å²) >= 11 is 0. The third kappa shape index (κ3) is 8.22. The molecule has 0 aliphatic heterocycles. The van der Waals surface area contributed by atoms with E-state index in [-0.39, 0.29) is 0 Å². The van der Waals surface area contributed by atoms with Crippen LogP contribution in [0.5, 0.6) is 0 Å². The highest BCUT2D eigenvalue weighted by Crippen LogP contribution is 2.05. The quantitative estimate of drug-likeness (QED) is 0.705. The van der Waals surface area contributed by atoms with Gasteiger partial charge in [0.05, 0.1) is 0 Å². The Kier molecular flexibility index (Phi) is 8.64. The van der Waals surface area contributed by atoms with Crippen LogP contribution >= 0.6 is 0 Å². The molecule has 0 bridgehead atoms. The second kappa shape index (κ2) is 9.40. The van der Waals surface area contributed by atoms with Gasteiger partial charge in [-0.05, 0) is 34.4 Å². The van der Waals surface area contributed by atoms with Crippen molar-refractivity contribution in [2.24, 2.45) is 0 Å². The zero-order valence-electron chi connectivity index (χ0n) is 12.3. The Balaban J connectivity index is 0.000000316. The maximum atomic E-state index is 11.3. The smallest absolute Gasteiger partial charge is 0.0302 e. The van der Waals surface area contributed by atoms with Crippen molar-refractivity contribution >= 4 is 15.4 Å². The fourth-order valence-electron chi connectivity index (χ4n) is 1.24. The van der Waals surface area contributed by atoms with Crippen molar-refractivity contribution < 1.29 is 4.21 Å². The standard InChI is InChI=1S/C8H10OS.C7H8.C2H6/c1-10(2,9)8-6-4-3-5-7-8;1-7-5-3-2-4-6-7;1-2/h3-7H,1H2,2H3;2-6H,1H3;1-2H3. The molecule has 0 saturated heterocycles. The van der Waals surface area contributed by atoms with Crippen LogP contribution in [0.4, 0.5) is 0 Å². The molecule has 1 atom stereocenters. The molecule has 1 unspecified atom stereocenters.